The molecule has 1 saturated carbocycles. The fourth-order valence-corrected chi connectivity index (χ4v) is 4.67. The van der Waals surface area contributed by atoms with Gasteiger partial charge in [0.25, 0.3) is 11.8 Å². The Morgan fingerprint density at radius 2 is 1.74 bits per heavy atom. The summed E-state index contributed by atoms with van der Waals surface area (Å²) in [5, 5.41) is 1.15. The number of nitrogen functional groups attached to an aromatic ring is 1. The van der Waals surface area contributed by atoms with Gasteiger partial charge in [0.1, 0.15) is 0 Å². The molecule has 2 N–H and O–H groups in total. The lowest BCUT2D eigenvalue weighted by Gasteiger charge is -2.23. The molecule has 6 heteroatoms. The molecular weight excluding hydrogens is 440 g/mol. The van der Waals surface area contributed by atoms with E-state index < -0.39 is 11.8 Å². The van der Waals surface area contributed by atoms with Crippen LogP contribution in [0.3, 0.4) is 0 Å². The van der Waals surface area contributed by atoms with E-state index in [4.69, 9.17) is 5.73 Å². The molecule has 1 aromatic heterocycles. The van der Waals surface area contributed by atoms with Crippen molar-refractivity contribution in [3.05, 3.63) is 70.5 Å². The zero-order valence-corrected chi connectivity index (χ0v) is 20.1. The van der Waals surface area contributed by atoms with Crippen LogP contribution in [0.1, 0.15) is 86.7 Å². The second kappa shape index (κ2) is 8.86. The van der Waals surface area contributed by atoms with Crippen LogP contribution < -0.4 is 5.73 Å². The minimum atomic E-state index is -2.99. The number of alkyl halides is 4. The Hall–Kier alpha value is -2.63. The average Bonchev–Trinajstić information content (AvgIpc) is 3.63. The first-order valence-electron chi connectivity index (χ1n) is 12.0. The molecular formula is C28H32F4N2. The number of anilines is 1. The van der Waals surface area contributed by atoms with E-state index in [0.717, 1.165) is 30.9 Å². The number of hydrogen-bond donors (Lipinski definition) is 1. The molecule has 2 atom stereocenters. The molecule has 1 aliphatic carbocycles. The van der Waals surface area contributed by atoms with Crippen molar-refractivity contribution in [1.82, 2.24) is 4.98 Å². The molecule has 1 aliphatic rings. The lowest BCUT2D eigenvalue weighted by molar-refractivity contribution is -0.00848. The van der Waals surface area contributed by atoms with E-state index in [0.29, 0.717) is 34.5 Å². The maximum Gasteiger partial charge on any atom is 0.273 e. The third-order valence-corrected chi connectivity index (χ3v) is 7.26. The van der Waals surface area contributed by atoms with E-state index in [-0.39, 0.29) is 29.4 Å². The highest BCUT2D eigenvalue weighted by atomic mass is 19.3. The number of hydrogen-bond acceptors (Lipinski definition) is 2. The highest BCUT2D eigenvalue weighted by Crippen LogP contribution is 2.45. The molecule has 0 bridgehead atoms. The van der Waals surface area contributed by atoms with E-state index in [1.807, 2.05) is 32.0 Å². The van der Waals surface area contributed by atoms with Gasteiger partial charge in [0.05, 0.1) is 0 Å². The maximum absolute atomic E-state index is 14.6. The van der Waals surface area contributed by atoms with E-state index in [2.05, 4.69) is 4.98 Å². The second-order valence-corrected chi connectivity index (χ2v) is 10.0. The number of pyridine rings is 1. The third kappa shape index (κ3) is 4.91. The van der Waals surface area contributed by atoms with Crippen molar-refractivity contribution in [2.45, 2.75) is 77.1 Å². The first-order chi connectivity index (χ1) is 15.9. The van der Waals surface area contributed by atoms with Gasteiger partial charge in [0.2, 0.25) is 0 Å². The summed E-state index contributed by atoms with van der Waals surface area (Å²) >= 11 is 0. The minimum absolute atomic E-state index is 0.0106. The summed E-state index contributed by atoms with van der Waals surface area (Å²) in [4.78, 5) is 4.29. The fraction of sp³-hybridized carbons (Fsp3) is 0.464. The topological polar surface area (TPSA) is 38.9 Å². The van der Waals surface area contributed by atoms with Gasteiger partial charge in [0.15, 0.2) is 0 Å². The number of nitrogens with two attached hydrogens (primary N) is 1. The molecule has 2 aromatic carbocycles. The van der Waals surface area contributed by atoms with Crippen LogP contribution in [-0.2, 0) is 18.3 Å². The number of aromatic nitrogens is 1. The molecule has 1 heterocycles. The van der Waals surface area contributed by atoms with Crippen LogP contribution in [0.15, 0.2) is 42.6 Å². The molecule has 34 heavy (non-hydrogen) atoms. The average molecular weight is 473 g/mol. The first-order valence-corrected chi connectivity index (χ1v) is 12.0. The summed E-state index contributed by atoms with van der Waals surface area (Å²) in [6, 6.07) is 10.1. The van der Waals surface area contributed by atoms with Gasteiger partial charge in [0, 0.05) is 47.4 Å². The predicted molar refractivity (Wildman–Crippen MR) is 130 cm³/mol. The Balaban J connectivity index is 1.67. The minimum Gasteiger partial charge on any atom is -0.398 e. The highest BCUT2D eigenvalue weighted by molar-refractivity contribution is 5.97. The molecule has 0 spiro atoms. The van der Waals surface area contributed by atoms with E-state index in [1.165, 1.54) is 25.3 Å². The Labute approximate surface area is 198 Å². The van der Waals surface area contributed by atoms with E-state index in [1.54, 1.807) is 6.07 Å². The molecule has 0 radical (unpaired) electrons. The highest BCUT2D eigenvalue weighted by Gasteiger charge is 2.32. The summed E-state index contributed by atoms with van der Waals surface area (Å²) < 4.78 is 57.5. The van der Waals surface area contributed by atoms with Crippen molar-refractivity contribution < 1.29 is 17.6 Å². The Kier molecular flexibility index (Phi) is 6.38. The maximum atomic E-state index is 14.6. The van der Waals surface area contributed by atoms with Crippen LogP contribution in [0.25, 0.3) is 10.8 Å². The van der Waals surface area contributed by atoms with Gasteiger partial charge < -0.3 is 5.73 Å². The fourth-order valence-electron chi connectivity index (χ4n) is 4.67. The van der Waals surface area contributed by atoms with E-state index in [9.17, 15) is 17.6 Å². The summed E-state index contributed by atoms with van der Waals surface area (Å²) in [7, 11) is 0. The number of benzene rings is 2. The first kappa shape index (κ1) is 24.5. The number of halogens is 4. The monoisotopic (exact) mass is 472 g/mol. The van der Waals surface area contributed by atoms with E-state index >= 15 is 0 Å². The summed E-state index contributed by atoms with van der Waals surface area (Å²) in [5.41, 5.74) is 9.24. The van der Waals surface area contributed by atoms with Crippen molar-refractivity contribution in [3.8, 4) is 0 Å². The van der Waals surface area contributed by atoms with Crippen molar-refractivity contribution in [1.29, 1.82) is 0 Å². The largest absolute Gasteiger partial charge is 0.398 e. The van der Waals surface area contributed by atoms with Gasteiger partial charge >= 0.3 is 0 Å². The summed E-state index contributed by atoms with van der Waals surface area (Å²) in [6.45, 7) is 6.41. The molecule has 0 saturated heterocycles. The van der Waals surface area contributed by atoms with Crippen LogP contribution >= 0.6 is 0 Å². The number of fused-ring (bicyclic) bond motifs is 1. The van der Waals surface area contributed by atoms with Crippen LogP contribution in [0.2, 0.25) is 0 Å². The smallest absolute Gasteiger partial charge is 0.273 e. The van der Waals surface area contributed by atoms with Crippen LogP contribution in [-0.4, -0.2) is 4.98 Å². The van der Waals surface area contributed by atoms with Crippen molar-refractivity contribution in [2.24, 2.45) is 5.92 Å². The lowest BCUT2D eigenvalue weighted by atomic mass is 9.83. The van der Waals surface area contributed by atoms with Crippen molar-refractivity contribution >= 4 is 16.5 Å². The van der Waals surface area contributed by atoms with Gasteiger partial charge in [-0.05, 0) is 83.9 Å². The Morgan fingerprint density at radius 1 is 1.03 bits per heavy atom. The Morgan fingerprint density at radius 3 is 2.35 bits per heavy atom. The number of nitrogens with zero attached hydrogens (tertiary/aromatic N) is 1. The van der Waals surface area contributed by atoms with Gasteiger partial charge in [-0.1, -0.05) is 26.8 Å². The quantitative estimate of drug-likeness (QED) is 0.265. The zero-order chi connectivity index (χ0) is 24.8. The molecule has 182 valence electrons. The van der Waals surface area contributed by atoms with Crippen LogP contribution in [0.4, 0.5) is 23.2 Å². The third-order valence-electron chi connectivity index (χ3n) is 7.26. The number of rotatable bonds is 8. The van der Waals surface area contributed by atoms with Crippen molar-refractivity contribution in [2.75, 3.05) is 5.73 Å². The van der Waals surface area contributed by atoms with Crippen molar-refractivity contribution in [3.63, 3.8) is 0 Å². The van der Waals surface area contributed by atoms with Crippen LogP contribution in [0, 0.1) is 5.92 Å². The molecule has 2 nitrogen and oxygen atoms in total. The molecule has 0 amide bonds. The molecule has 0 aliphatic heterocycles. The molecule has 2 unspecified atom stereocenters. The summed E-state index contributed by atoms with van der Waals surface area (Å²) in [5.74, 6) is -5.54. The van der Waals surface area contributed by atoms with Crippen LogP contribution in [0.5, 0.6) is 0 Å². The summed E-state index contributed by atoms with van der Waals surface area (Å²) in [6.07, 6.45) is 3.68. The SMILES string of the molecule is CCC(F)(F)c1ccnc(CC(C)C(C)c2cc(N)c3cc(C4CC4)cc(C(C)(F)F)c3c2)c1. The second-order valence-electron chi connectivity index (χ2n) is 10.0. The Bertz CT molecular complexity index is 1190. The zero-order valence-electron chi connectivity index (χ0n) is 20.1. The standard InChI is InChI=1S/C28H32F4N2/c1-5-28(31,32)21-8-9-34-22(15-21)10-16(2)17(3)19-11-23-24(26(33)14-19)12-20(18-6-7-18)13-25(23)27(4,29)30/h8-9,11-18H,5-7,10,33H2,1-4H3. The van der Waals surface area contributed by atoms with Gasteiger partial charge in [-0.2, -0.15) is 0 Å². The van der Waals surface area contributed by atoms with Gasteiger partial charge in [-0.15, -0.1) is 0 Å². The van der Waals surface area contributed by atoms with Gasteiger partial charge in [-0.25, -0.2) is 17.6 Å². The normalized spacial score (nSPS) is 16.6. The molecule has 4 rings (SSSR count). The molecule has 1 fully saturated rings. The van der Waals surface area contributed by atoms with Gasteiger partial charge in [-0.3, -0.25) is 4.98 Å². The lowest BCUT2D eigenvalue weighted by Crippen LogP contribution is -2.15. The molecule has 3 aromatic rings. The predicted octanol–water partition coefficient (Wildman–Crippen LogP) is 8.29.